The van der Waals surface area contributed by atoms with E-state index in [9.17, 15) is 14.4 Å². The molecule has 0 aliphatic heterocycles. The van der Waals surface area contributed by atoms with Crippen LogP contribution in [0.1, 0.15) is 17.3 Å². The summed E-state index contributed by atoms with van der Waals surface area (Å²) in [6.45, 7) is 1.59. The molecular weight excluding hydrogens is 398 g/mol. The molecular formula is C18H19N5O5S. The first-order valence-corrected chi connectivity index (χ1v) is 9.37. The Labute approximate surface area is 169 Å². The molecule has 0 saturated carbocycles. The number of Topliss-reactive ketones (excluding diaryl/α,β-unsaturated/α-hetero) is 1. The van der Waals surface area contributed by atoms with Gasteiger partial charge < -0.3 is 14.9 Å². The van der Waals surface area contributed by atoms with Crippen LogP contribution in [0.5, 0.6) is 5.75 Å². The average molecular weight is 417 g/mol. The predicted octanol–water partition coefficient (Wildman–Crippen LogP) is 1.09. The monoisotopic (exact) mass is 417 g/mol. The van der Waals surface area contributed by atoms with Crippen LogP contribution < -0.4 is 21.7 Å². The molecule has 0 fully saturated rings. The van der Waals surface area contributed by atoms with Gasteiger partial charge in [0.2, 0.25) is 0 Å². The summed E-state index contributed by atoms with van der Waals surface area (Å²) < 4.78 is 12.8. The number of para-hydroxylation sites is 1. The summed E-state index contributed by atoms with van der Waals surface area (Å²) in [5.74, 6) is 0.0805. The Hall–Kier alpha value is -3.34. The van der Waals surface area contributed by atoms with Crippen molar-refractivity contribution in [2.45, 2.75) is 17.4 Å². The van der Waals surface area contributed by atoms with Crippen molar-refractivity contribution in [3.05, 3.63) is 50.7 Å². The van der Waals surface area contributed by atoms with Gasteiger partial charge in [-0.3, -0.25) is 18.7 Å². The number of nitrogen functional groups attached to an aromatic ring is 1. The standard InChI is InChI=1S/C18H19N5O5S/c1-9(13(24)12-14(19)22(2)18(26)23(3)16(12)25)29-17-21-20-15(28-17)10-7-5-6-8-11(10)27-4/h5-9H,19H2,1-4H3. The summed E-state index contributed by atoms with van der Waals surface area (Å²) in [4.78, 5) is 37.2. The first kappa shape index (κ1) is 20.4. The molecule has 2 N–H and O–H groups in total. The van der Waals surface area contributed by atoms with Gasteiger partial charge in [0.05, 0.1) is 17.9 Å². The SMILES string of the molecule is COc1ccccc1-c1nnc(SC(C)C(=O)c2c(N)n(C)c(=O)n(C)c2=O)o1. The molecule has 1 aromatic carbocycles. The Morgan fingerprint density at radius 1 is 1.21 bits per heavy atom. The van der Waals surface area contributed by atoms with Crippen molar-refractivity contribution in [1.29, 1.82) is 0 Å². The molecule has 29 heavy (non-hydrogen) atoms. The van der Waals surface area contributed by atoms with Crippen molar-refractivity contribution < 1.29 is 13.9 Å². The highest BCUT2D eigenvalue weighted by Gasteiger charge is 2.27. The number of ketones is 1. The van der Waals surface area contributed by atoms with Crippen LogP contribution >= 0.6 is 11.8 Å². The number of nitrogens with two attached hydrogens (primary N) is 1. The number of ether oxygens (including phenoxy) is 1. The van der Waals surface area contributed by atoms with E-state index in [-0.39, 0.29) is 22.5 Å². The summed E-state index contributed by atoms with van der Waals surface area (Å²) >= 11 is 0.987. The number of thioether (sulfide) groups is 1. The van der Waals surface area contributed by atoms with Crippen molar-refractivity contribution in [3.63, 3.8) is 0 Å². The fraction of sp³-hybridized carbons (Fsp3) is 0.278. The smallest absolute Gasteiger partial charge is 0.332 e. The number of hydrogen-bond donors (Lipinski definition) is 1. The van der Waals surface area contributed by atoms with Gasteiger partial charge in [-0.2, -0.15) is 0 Å². The number of hydrogen-bond acceptors (Lipinski definition) is 9. The van der Waals surface area contributed by atoms with Crippen LogP contribution in [0.15, 0.2) is 43.5 Å². The first-order valence-electron chi connectivity index (χ1n) is 8.49. The summed E-state index contributed by atoms with van der Waals surface area (Å²) in [5, 5.41) is 7.33. The third-order valence-corrected chi connectivity index (χ3v) is 5.28. The molecule has 0 aliphatic carbocycles. The maximum absolute atomic E-state index is 12.8. The van der Waals surface area contributed by atoms with Gasteiger partial charge in [-0.05, 0) is 19.1 Å². The minimum atomic E-state index is -0.756. The Kier molecular flexibility index (Phi) is 5.59. The van der Waals surface area contributed by atoms with Crippen LogP contribution in [-0.4, -0.2) is 37.5 Å². The van der Waals surface area contributed by atoms with E-state index in [0.29, 0.717) is 11.3 Å². The zero-order chi connectivity index (χ0) is 21.3. The number of nitrogens with zero attached hydrogens (tertiary/aromatic N) is 4. The van der Waals surface area contributed by atoms with E-state index in [1.807, 2.05) is 6.07 Å². The van der Waals surface area contributed by atoms with Gasteiger partial charge in [0.15, 0.2) is 5.78 Å². The number of aromatic nitrogens is 4. The summed E-state index contributed by atoms with van der Waals surface area (Å²) in [6.07, 6.45) is 0. The van der Waals surface area contributed by atoms with Crippen molar-refractivity contribution in [2.24, 2.45) is 14.1 Å². The van der Waals surface area contributed by atoms with Crippen molar-refractivity contribution in [3.8, 4) is 17.2 Å². The highest BCUT2D eigenvalue weighted by Crippen LogP contribution is 2.32. The molecule has 0 saturated heterocycles. The Balaban J connectivity index is 1.88. The van der Waals surface area contributed by atoms with Crippen molar-refractivity contribution in [2.75, 3.05) is 12.8 Å². The predicted molar refractivity (Wildman–Crippen MR) is 107 cm³/mol. The average Bonchev–Trinajstić information content (AvgIpc) is 3.19. The summed E-state index contributed by atoms with van der Waals surface area (Å²) in [5.41, 5.74) is 4.86. The lowest BCUT2D eigenvalue weighted by molar-refractivity contribution is 0.0991. The largest absolute Gasteiger partial charge is 0.496 e. The Bertz CT molecular complexity index is 1200. The lowest BCUT2D eigenvalue weighted by Gasteiger charge is -2.13. The molecule has 0 aliphatic rings. The third kappa shape index (κ3) is 3.68. The molecule has 0 amide bonds. The number of anilines is 1. The fourth-order valence-corrected chi connectivity index (χ4v) is 3.43. The highest BCUT2D eigenvalue weighted by atomic mass is 32.2. The van der Waals surface area contributed by atoms with E-state index < -0.39 is 22.3 Å². The molecule has 1 atom stereocenters. The molecule has 1 unspecified atom stereocenters. The van der Waals surface area contributed by atoms with Crippen LogP contribution in [0.4, 0.5) is 5.82 Å². The van der Waals surface area contributed by atoms with Crippen molar-refractivity contribution in [1.82, 2.24) is 19.3 Å². The molecule has 2 heterocycles. The van der Waals surface area contributed by atoms with Crippen LogP contribution in [-0.2, 0) is 14.1 Å². The van der Waals surface area contributed by atoms with E-state index >= 15 is 0 Å². The van der Waals surface area contributed by atoms with Crippen LogP contribution in [0, 0.1) is 0 Å². The number of rotatable bonds is 6. The molecule has 152 valence electrons. The van der Waals surface area contributed by atoms with Gasteiger partial charge in [0.25, 0.3) is 16.7 Å². The molecule has 10 nitrogen and oxygen atoms in total. The van der Waals surface area contributed by atoms with Gasteiger partial charge in [-0.15, -0.1) is 10.2 Å². The van der Waals surface area contributed by atoms with E-state index in [2.05, 4.69) is 10.2 Å². The topological polar surface area (TPSA) is 135 Å². The highest BCUT2D eigenvalue weighted by molar-refractivity contribution is 8.00. The minimum Gasteiger partial charge on any atom is -0.496 e. The second-order valence-electron chi connectivity index (χ2n) is 6.16. The van der Waals surface area contributed by atoms with Crippen LogP contribution in [0.25, 0.3) is 11.5 Å². The second kappa shape index (κ2) is 7.95. The number of methoxy groups -OCH3 is 1. The zero-order valence-corrected chi connectivity index (χ0v) is 17.0. The van der Waals surface area contributed by atoms with Gasteiger partial charge in [-0.25, -0.2) is 4.79 Å². The molecule has 0 bridgehead atoms. The Morgan fingerprint density at radius 3 is 2.59 bits per heavy atom. The minimum absolute atomic E-state index is 0.145. The number of benzene rings is 1. The number of carbonyl (C=O) groups is 1. The molecule has 2 aromatic heterocycles. The van der Waals surface area contributed by atoms with Gasteiger partial charge >= 0.3 is 5.69 Å². The maximum atomic E-state index is 12.8. The quantitative estimate of drug-likeness (QED) is 0.462. The molecule has 0 radical (unpaired) electrons. The summed E-state index contributed by atoms with van der Waals surface area (Å²) in [6, 6.07) is 7.15. The van der Waals surface area contributed by atoms with Gasteiger partial charge in [-0.1, -0.05) is 23.9 Å². The molecule has 0 spiro atoms. The molecule has 3 rings (SSSR count). The molecule has 3 aromatic rings. The Morgan fingerprint density at radius 2 is 1.90 bits per heavy atom. The van der Waals surface area contributed by atoms with E-state index in [1.165, 1.54) is 21.2 Å². The zero-order valence-electron chi connectivity index (χ0n) is 16.2. The molecule has 11 heteroatoms. The van der Waals surface area contributed by atoms with Crippen LogP contribution in [0.2, 0.25) is 0 Å². The first-order chi connectivity index (χ1) is 13.8. The van der Waals surface area contributed by atoms with Crippen LogP contribution in [0.3, 0.4) is 0 Å². The third-order valence-electron chi connectivity index (χ3n) is 4.35. The van der Waals surface area contributed by atoms with E-state index in [1.54, 1.807) is 25.1 Å². The van der Waals surface area contributed by atoms with Gasteiger partial charge in [0.1, 0.15) is 17.1 Å². The normalized spacial score (nSPS) is 12.0. The lowest BCUT2D eigenvalue weighted by Crippen LogP contribution is -2.42. The fourth-order valence-electron chi connectivity index (χ4n) is 2.69. The summed E-state index contributed by atoms with van der Waals surface area (Å²) in [7, 11) is 4.21. The second-order valence-corrected chi connectivity index (χ2v) is 7.46. The lowest BCUT2D eigenvalue weighted by atomic mass is 10.1. The van der Waals surface area contributed by atoms with E-state index in [0.717, 1.165) is 20.9 Å². The van der Waals surface area contributed by atoms with E-state index in [4.69, 9.17) is 14.9 Å². The number of carbonyl (C=O) groups excluding carboxylic acids is 1. The van der Waals surface area contributed by atoms with Gasteiger partial charge in [0, 0.05) is 14.1 Å². The van der Waals surface area contributed by atoms with Crippen molar-refractivity contribution >= 4 is 23.4 Å². The maximum Gasteiger partial charge on any atom is 0.332 e.